The largest absolute Gasteiger partial charge is 0.497 e. The van der Waals surface area contributed by atoms with E-state index in [1.54, 1.807) is 31.2 Å². The number of rotatable bonds is 15. The van der Waals surface area contributed by atoms with Gasteiger partial charge in [0, 0.05) is 67.7 Å². The Kier molecular flexibility index (Phi) is 11.3. The van der Waals surface area contributed by atoms with E-state index in [9.17, 15) is 17.2 Å². The van der Waals surface area contributed by atoms with Gasteiger partial charge in [-0.25, -0.2) is 40.5 Å². The number of hydrogen-bond donors (Lipinski definition) is 0. The predicted molar refractivity (Wildman–Crippen MR) is 172 cm³/mol. The molecule has 0 radical (unpaired) electrons. The Bertz CT molecular complexity index is 1830. The number of benzene rings is 2. The highest BCUT2D eigenvalue weighted by Gasteiger charge is 2.44. The fraction of sp³-hybridized carbons (Fsp3) is 0.424. The Hall–Kier alpha value is -4.41. The molecule has 2 atom stereocenters. The van der Waals surface area contributed by atoms with Crippen LogP contribution in [-0.4, -0.2) is 74.7 Å². The Morgan fingerprint density at radius 1 is 1.02 bits per heavy atom. The summed E-state index contributed by atoms with van der Waals surface area (Å²) in [4.78, 5) is 7.38. The number of alkyl halides is 2. The summed E-state index contributed by atoms with van der Waals surface area (Å²) in [5.74, 6) is -3.97. The molecule has 0 amide bonds. The van der Waals surface area contributed by atoms with Crippen molar-refractivity contribution in [1.82, 2.24) is 19.7 Å². The Morgan fingerprint density at radius 2 is 1.84 bits per heavy atom. The number of ether oxygens (including phenoxy) is 5. The van der Waals surface area contributed by atoms with Crippen LogP contribution >= 0.6 is 0 Å². The summed E-state index contributed by atoms with van der Waals surface area (Å²) in [6.45, 7) is 1.96. The second-order valence-corrected chi connectivity index (χ2v) is 13.3. The van der Waals surface area contributed by atoms with Gasteiger partial charge in [0.25, 0.3) is 10.0 Å². The Balaban J connectivity index is 1.45. The zero-order chi connectivity index (χ0) is 35.2. The maximum Gasteiger partial charge on any atom is 0.268 e. The third-order valence-corrected chi connectivity index (χ3v) is 10.0. The number of sulfonamides is 1. The average Bonchev–Trinajstić information content (AvgIpc) is 3.56. The second-order valence-electron chi connectivity index (χ2n) is 11.5. The van der Waals surface area contributed by atoms with E-state index in [0.717, 1.165) is 10.4 Å². The number of aromatic nitrogens is 4. The first-order valence-electron chi connectivity index (χ1n) is 15.4. The highest BCUT2D eigenvalue weighted by atomic mass is 32.2. The van der Waals surface area contributed by atoms with Crippen molar-refractivity contribution in [3.63, 3.8) is 0 Å². The second kappa shape index (κ2) is 15.4. The normalized spacial score (nSPS) is 17.4. The highest BCUT2D eigenvalue weighted by Crippen LogP contribution is 2.44. The van der Waals surface area contributed by atoms with E-state index in [1.807, 2.05) is 0 Å². The van der Waals surface area contributed by atoms with Gasteiger partial charge in [0.1, 0.15) is 52.9 Å². The smallest absolute Gasteiger partial charge is 0.268 e. The van der Waals surface area contributed by atoms with E-state index < -0.39 is 51.5 Å². The predicted octanol–water partition coefficient (Wildman–Crippen LogP) is 5.50. The number of halogens is 3. The van der Waals surface area contributed by atoms with Crippen molar-refractivity contribution in [2.24, 2.45) is 0 Å². The molecule has 0 aliphatic heterocycles. The Morgan fingerprint density at radius 3 is 2.55 bits per heavy atom. The molecule has 2 aromatic heterocycles. The van der Waals surface area contributed by atoms with Crippen LogP contribution < -0.4 is 18.5 Å². The molecule has 0 bridgehead atoms. The van der Waals surface area contributed by atoms with Crippen molar-refractivity contribution in [3.05, 3.63) is 83.8 Å². The van der Waals surface area contributed by atoms with Crippen LogP contribution in [0.15, 0.2) is 66.1 Å². The van der Waals surface area contributed by atoms with Crippen molar-refractivity contribution in [1.29, 1.82) is 0 Å². The van der Waals surface area contributed by atoms with Crippen LogP contribution in [0.3, 0.4) is 0 Å². The monoisotopic (exact) mass is 705 g/mol. The molecule has 2 unspecified atom stereocenters. The molecule has 1 fully saturated rings. The maximum atomic E-state index is 16.0. The minimum Gasteiger partial charge on any atom is -0.497 e. The topological polar surface area (TPSA) is 127 Å². The molecule has 1 aliphatic carbocycles. The minimum atomic E-state index is -4.58. The number of hydrogen-bond acceptors (Lipinski definition) is 10. The highest BCUT2D eigenvalue weighted by molar-refractivity contribution is 7.92. The molecule has 1 aliphatic rings. The molecule has 5 rings (SSSR count). The van der Waals surface area contributed by atoms with Gasteiger partial charge in [-0.05, 0) is 43.2 Å². The van der Waals surface area contributed by atoms with E-state index in [-0.39, 0.29) is 43.4 Å². The van der Waals surface area contributed by atoms with Gasteiger partial charge < -0.3 is 23.7 Å². The molecule has 2 heterocycles. The zero-order valence-corrected chi connectivity index (χ0v) is 28.3. The number of aryl methyl sites for hydroxylation is 1. The summed E-state index contributed by atoms with van der Waals surface area (Å²) >= 11 is 0. The van der Waals surface area contributed by atoms with Gasteiger partial charge in [-0.3, -0.25) is 0 Å². The SMILES string of the molecule is COCCOCn1nccc1C1CC(F)(F)CCC1Oc1cc(F)c(S(=O)(=O)N(Cc2ccc(OC)cc2OC)c2ccncn2)cc1C. The van der Waals surface area contributed by atoms with E-state index in [2.05, 4.69) is 15.1 Å². The number of methoxy groups -OCH3 is 3. The third-order valence-electron chi connectivity index (χ3n) is 8.24. The molecule has 264 valence electrons. The fourth-order valence-corrected chi connectivity index (χ4v) is 7.24. The zero-order valence-electron chi connectivity index (χ0n) is 27.5. The van der Waals surface area contributed by atoms with Crippen molar-refractivity contribution in [2.45, 2.75) is 62.3 Å². The van der Waals surface area contributed by atoms with Gasteiger partial charge in [-0.1, -0.05) is 0 Å². The van der Waals surface area contributed by atoms with Crippen LogP contribution in [0.5, 0.6) is 17.2 Å². The minimum absolute atomic E-state index is 0.000891. The molecule has 4 aromatic rings. The van der Waals surface area contributed by atoms with Crippen LogP contribution in [0.1, 0.15) is 42.0 Å². The molecular weight excluding hydrogens is 667 g/mol. The first kappa shape index (κ1) is 35.9. The first-order valence-corrected chi connectivity index (χ1v) is 16.8. The quantitative estimate of drug-likeness (QED) is 0.146. The summed E-state index contributed by atoms with van der Waals surface area (Å²) < 4.78 is 104. The van der Waals surface area contributed by atoms with E-state index in [4.69, 9.17) is 23.7 Å². The molecule has 49 heavy (non-hydrogen) atoms. The molecule has 16 heteroatoms. The first-order chi connectivity index (χ1) is 23.5. The summed E-state index contributed by atoms with van der Waals surface area (Å²) in [5, 5.41) is 4.24. The lowest BCUT2D eigenvalue weighted by Gasteiger charge is -2.36. The Labute approximate surface area is 282 Å². The van der Waals surface area contributed by atoms with Gasteiger partial charge in [0.05, 0.1) is 34.0 Å². The van der Waals surface area contributed by atoms with Crippen LogP contribution in [0, 0.1) is 12.7 Å². The summed E-state index contributed by atoms with van der Waals surface area (Å²) in [7, 11) is -0.120. The van der Waals surface area contributed by atoms with Gasteiger partial charge >= 0.3 is 0 Å². The number of anilines is 1. The number of nitrogens with zero attached hydrogens (tertiary/aromatic N) is 5. The van der Waals surface area contributed by atoms with Crippen molar-refractivity contribution < 1.29 is 45.3 Å². The van der Waals surface area contributed by atoms with Crippen molar-refractivity contribution in [3.8, 4) is 17.2 Å². The molecule has 0 saturated heterocycles. The summed E-state index contributed by atoms with van der Waals surface area (Å²) in [6.07, 6.45) is 2.30. The van der Waals surface area contributed by atoms with Crippen molar-refractivity contribution >= 4 is 15.8 Å². The molecular formula is C33H38F3N5O7S. The summed E-state index contributed by atoms with van der Waals surface area (Å²) in [5.41, 5.74) is 1.23. The fourth-order valence-electron chi connectivity index (χ4n) is 5.71. The lowest BCUT2D eigenvalue weighted by molar-refractivity contribution is -0.0710. The van der Waals surface area contributed by atoms with E-state index in [1.165, 1.54) is 56.9 Å². The summed E-state index contributed by atoms with van der Waals surface area (Å²) in [6, 6.07) is 10.1. The van der Waals surface area contributed by atoms with Crippen LogP contribution in [0.2, 0.25) is 0 Å². The lowest BCUT2D eigenvalue weighted by atomic mass is 9.81. The molecule has 0 spiro atoms. The third kappa shape index (κ3) is 8.25. The van der Waals surface area contributed by atoms with Gasteiger partial charge in [0.2, 0.25) is 5.92 Å². The molecule has 12 nitrogen and oxygen atoms in total. The standard InChI is InChI=1S/C33H38F3N5O7S/c1-22-15-31(49(42,43)41(32-9-11-37-20-38-32)19-23-5-6-24(45-3)16-30(23)46-4)26(34)17-29(22)48-28-7-10-33(35,36)18-25(28)27-8-12-39-40(27)21-47-14-13-44-2/h5-6,8-9,11-12,15-17,20,25,28H,7,10,13-14,18-19,21H2,1-4H3. The van der Waals surface area contributed by atoms with E-state index in [0.29, 0.717) is 29.4 Å². The average molecular weight is 706 g/mol. The molecule has 1 saturated carbocycles. The van der Waals surface area contributed by atoms with Crippen molar-refractivity contribution in [2.75, 3.05) is 38.8 Å². The van der Waals surface area contributed by atoms with Crippen LogP contribution in [0.4, 0.5) is 19.0 Å². The van der Waals surface area contributed by atoms with Crippen LogP contribution in [0.25, 0.3) is 0 Å². The van der Waals surface area contributed by atoms with Gasteiger partial charge in [-0.15, -0.1) is 0 Å². The van der Waals surface area contributed by atoms with E-state index >= 15 is 4.39 Å². The lowest BCUT2D eigenvalue weighted by Crippen LogP contribution is -2.39. The maximum absolute atomic E-state index is 16.0. The van der Waals surface area contributed by atoms with Crippen LogP contribution in [-0.2, 0) is 32.8 Å². The van der Waals surface area contributed by atoms with Gasteiger partial charge in [0.15, 0.2) is 0 Å². The molecule has 2 aromatic carbocycles. The van der Waals surface area contributed by atoms with Gasteiger partial charge in [-0.2, -0.15) is 5.10 Å². The molecule has 0 N–H and O–H groups in total.